The van der Waals surface area contributed by atoms with Gasteiger partial charge in [-0.2, -0.15) is 9.90 Å². The van der Waals surface area contributed by atoms with E-state index < -0.39 is 0 Å². The molecule has 2 heterocycles. The summed E-state index contributed by atoms with van der Waals surface area (Å²) in [6.45, 7) is 0.970. The second-order valence-corrected chi connectivity index (χ2v) is 7.85. The minimum atomic E-state index is -0.103. The Balaban J connectivity index is 1.52. The van der Waals surface area contributed by atoms with E-state index in [0.29, 0.717) is 18.8 Å². The van der Waals surface area contributed by atoms with E-state index in [4.69, 9.17) is 4.74 Å². The highest BCUT2D eigenvalue weighted by atomic mass is 32.1. The maximum Gasteiger partial charge on any atom is 0.247 e. The first-order valence-corrected chi connectivity index (χ1v) is 10.7. The second kappa shape index (κ2) is 9.86. The van der Waals surface area contributed by atoms with Gasteiger partial charge in [0.2, 0.25) is 5.91 Å². The lowest BCUT2D eigenvalue weighted by Gasteiger charge is -2.22. The van der Waals surface area contributed by atoms with Crippen LogP contribution in [-0.4, -0.2) is 32.9 Å². The standard InChI is InChI=1S/C24H22N4O2S/c1-30-23-12-6-5-8-19(23)17-27(18-22-11-7-15-31-22)24(29)14-13-20-16-25-28(26-20)21-9-3-2-4-10-21/h2-16H,17-18H2,1H3/b14-13+. The predicted molar refractivity (Wildman–Crippen MR) is 122 cm³/mol. The van der Waals surface area contributed by atoms with Crippen LogP contribution in [0.3, 0.4) is 0 Å². The van der Waals surface area contributed by atoms with Crippen molar-refractivity contribution in [3.8, 4) is 11.4 Å². The van der Waals surface area contributed by atoms with Gasteiger partial charge in [0.15, 0.2) is 0 Å². The summed E-state index contributed by atoms with van der Waals surface area (Å²) >= 11 is 1.63. The van der Waals surface area contributed by atoms with Gasteiger partial charge in [-0.25, -0.2) is 0 Å². The molecule has 0 spiro atoms. The van der Waals surface area contributed by atoms with E-state index in [1.165, 1.54) is 0 Å². The highest BCUT2D eigenvalue weighted by Crippen LogP contribution is 2.22. The van der Waals surface area contributed by atoms with Crippen LogP contribution in [0.2, 0.25) is 0 Å². The molecule has 0 saturated carbocycles. The Bertz CT molecular complexity index is 1150. The molecule has 0 fully saturated rings. The topological polar surface area (TPSA) is 60.2 Å². The van der Waals surface area contributed by atoms with E-state index >= 15 is 0 Å². The molecule has 0 aliphatic carbocycles. The quantitative estimate of drug-likeness (QED) is 0.384. The van der Waals surface area contributed by atoms with Crippen LogP contribution < -0.4 is 4.74 Å². The number of benzene rings is 2. The average Bonchev–Trinajstić information content (AvgIpc) is 3.50. The normalized spacial score (nSPS) is 11.0. The van der Waals surface area contributed by atoms with Crippen molar-refractivity contribution >= 4 is 23.3 Å². The number of amides is 1. The summed E-state index contributed by atoms with van der Waals surface area (Å²) in [7, 11) is 1.64. The van der Waals surface area contributed by atoms with Crippen LogP contribution >= 0.6 is 11.3 Å². The summed E-state index contributed by atoms with van der Waals surface area (Å²) < 4.78 is 5.46. The van der Waals surface area contributed by atoms with Crippen LogP contribution in [0, 0.1) is 0 Å². The number of rotatable bonds is 8. The van der Waals surface area contributed by atoms with Crippen LogP contribution in [-0.2, 0) is 17.9 Å². The van der Waals surface area contributed by atoms with Crippen molar-refractivity contribution in [3.63, 3.8) is 0 Å². The molecule has 0 aliphatic rings. The van der Waals surface area contributed by atoms with Crippen LogP contribution in [0.1, 0.15) is 16.1 Å². The van der Waals surface area contributed by atoms with E-state index in [-0.39, 0.29) is 5.91 Å². The van der Waals surface area contributed by atoms with Gasteiger partial charge in [-0.1, -0.05) is 42.5 Å². The maximum atomic E-state index is 13.1. The molecule has 0 radical (unpaired) electrons. The third-order valence-corrected chi connectivity index (χ3v) is 5.55. The molecule has 7 heteroatoms. The van der Waals surface area contributed by atoms with Crippen LogP contribution in [0.25, 0.3) is 11.8 Å². The zero-order valence-electron chi connectivity index (χ0n) is 17.1. The first-order chi connectivity index (χ1) is 15.2. The monoisotopic (exact) mass is 430 g/mol. The summed E-state index contributed by atoms with van der Waals surface area (Å²) in [4.78, 5) is 17.5. The van der Waals surface area contributed by atoms with Crippen LogP contribution in [0.15, 0.2) is 84.4 Å². The van der Waals surface area contributed by atoms with Gasteiger partial charge in [0, 0.05) is 23.1 Å². The fourth-order valence-corrected chi connectivity index (χ4v) is 3.86. The average molecular weight is 431 g/mol. The molecule has 31 heavy (non-hydrogen) atoms. The summed E-state index contributed by atoms with van der Waals surface area (Å²) in [6.07, 6.45) is 4.88. The Labute approximate surface area is 185 Å². The van der Waals surface area contributed by atoms with Crippen molar-refractivity contribution in [2.24, 2.45) is 0 Å². The second-order valence-electron chi connectivity index (χ2n) is 6.81. The number of carbonyl (C=O) groups is 1. The fourth-order valence-electron chi connectivity index (χ4n) is 3.14. The van der Waals surface area contributed by atoms with Crippen molar-refractivity contribution in [2.75, 3.05) is 7.11 Å². The van der Waals surface area contributed by atoms with Gasteiger partial charge in [0.05, 0.1) is 25.5 Å². The zero-order chi connectivity index (χ0) is 21.5. The molecular formula is C24H22N4O2S. The lowest BCUT2D eigenvalue weighted by atomic mass is 10.2. The van der Waals surface area contributed by atoms with Crippen molar-refractivity contribution in [1.82, 2.24) is 19.9 Å². The molecule has 0 aliphatic heterocycles. The molecule has 0 atom stereocenters. The number of nitrogens with zero attached hydrogens (tertiary/aromatic N) is 4. The predicted octanol–water partition coefficient (Wildman–Crippen LogP) is 4.58. The van der Waals surface area contributed by atoms with Gasteiger partial charge in [-0.3, -0.25) is 4.79 Å². The molecule has 4 rings (SSSR count). The first kappa shape index (κ1) is 20.6. The van der Waals surface area contributed by atoms with E-state index in [0.717, 1.165) is 21.9 Å². The molecule has 4 aromatic rings. The summed E-state index contributed by atoms with van der Waals surface area (Å²) in [5, 5.41) is 10.7. The van der Waals surface area contributed by atoms with Crippen molar-refractivity contribution < 1.29 is 9.53 Å². The largest absolute Gasteiger partial charge is 0.496 e. The van der Waals surface area contributed by atoms with Gasteiger partial charge in [0.1, 0.15) is 11.4 Å². The molecule has 0 N–H and O–H groups in total. The molecule has 156 valence electrons. The molecule has 2 aromatic heterocycles. The molecule has 2 aromatic carbocycles. The minimum Gasteiger partial charge on any atom is -0.496 e. The Hall–Kier alpha value is -3.71. The number of para-hydroxylation sites is 2. The van der Waals surface area contributed by atoms with Crippen LogP contribution in [0.4, 0.5) is 0 Å². The number of ether oxygens (including phenoxy) is 1. The number of methoxy groups -OCH3 is 1. The van der Waals surface area contributed by atoms with E-state index in [1.54, 1.807) is 46.5 Å². The number of hydrogen-bond donors (Lipinski definition) is 0. The summed E-state index contributed by atoms with van der Waals surface area (Å²) in [5.41, 5.74) is 2.44. The lowest BCUT2D eigenvalue weighted by Crippen LogP contribution is -2.28. The van der Waals surface area contributed by atoms with E-state index in [1.807, 2.05) is 72.1 Å². The number of thiophene rings is 1. The smallest absolute Gasteiger partial charge is 0.247 e. The lowest BCUT2D eigenvalue weighted by molar-refractivity contribution is -0.127. The molecule has 0 saturated heterocycles. The summed E-state index contributed by atoms with van der Waals surface area (Å²) in [6, 6.07) is 21.4. The first-order valence-electron chi connectivity index (χ1n) is 9.82. The van der Waals surface area contributed by atoms with Gasteiger partial charge in [0.25, 0.3) is 0 Å². The van der Waals surface area contributed by atoms with Crippen molar-refractivity contribution in [2.45, 2.75) is 13.1 Å². The van der Waals surface area contributed by atoms with Gasteiger partial charge < -0.3 is 9.64 Å². The number of hydrogen-bond acceptors (Lipinski definition) is 5. The summed E-state index contributed by atoms with van der Waals surface area (Å²) in [5.74, 6) is 0.662. The van der Waals surface area contributed by atoms with Crippen molar-refractivity contribution in [3.05, 3.63) is 101 Å². The highest BCUT2D eigenvalue weighted by Gasteiger charge is 2.15. The Kier molecular flexibility index (Phi) is 6.54. The maximum absolute atomic E-state index is 13.1. The van der Waals surface area contributed by atoms with E-state index in [2.05, 4.69) is 10.2 Å². The zero-order valence-corrected chi connectivity index (χ0v) is 17.9. The molecular weight excluding hydrogens is 408 g/mol. The Morgan fingerprint density at radius 3 is 2.65 bits per heavy atom. The number of aromatic nitrogens is 3. The third-order valence-electron chi connectivity index (χ3n) is 4.69. The Morgan fingerprint density at radius 1 is 1.06 bits per heavy atom. The molecule has 0 unspecified atom stereocenters. The van der Waals surface area contributed by atoms with Gasteiger partial charge in [-0.05, 0) is 35.7 Å². The molecule has 6 nitrogen and oxygen atoms in total. The molecule has 1 amide bonds. The third kappa shape index (κ3) is 5.26. The number of carbonyl (C=O) groups excluding carboxylic acids is 1. The van der Waals surface area contributed by atoms with Crippen LogP contribution in [0.5, 0.6) is 5.75 Å². The van der Waals surface area contributed by atoms with Gasteiger partial charge >= 0.3 is 0 Å². The van der Waals surface area contributed by atoms with Crippen molar-refractivity contribution in [1.29, 1.82) is 0 Å². The van der Waals surface area contributed by atoms with E-state index in [9.17, 15) is 4.79 Å². The minimum absolute atomic E-state index is 0.103. The highest BCUT2D eigenvalue weighted by molar-refractivity contribution is 7.09. The van der Waals surface area contributed by atoms with Gasteiger partial charge in [-0.15, -0.1) is 16.4 Å². The molecule has 0 bridgehead atoms. The SMILES string of the molecule is COc1ccccc1CN(Cc1cccs1)C(=O)/C=C/c1cnn(-c2ccccc2)n1. The fraction of sp³-hybridized carbons (Fsp3) is 0.125. The Morgan fingerprint density at radius 2 is 1.87 bits per heavy atom.